The highest BCUT2D eigenvalue weighted by Crippen LogP contribution is 1.98. The molecular formula is C6H18O6P2+2. The van der Waals surface area contributed by atoms with Gasteiger partial charge >= 0.3 is 16.5 Å². The first kappa shape index (κ1) is 23.5. The van der Waals surface area contributed by atoms with Crippen molar-refractivity contribution in [1.29, 1.82) is 0 Å². The van der Waals surface area contributed by atoms with Crippen molar-refractivity contribution in [2.45, 2.75) is 26.7 Å². The molecule has 0 saturated carbocycles. The van der Waals surface area contributed by atoms with Gasteiger partial charge in [0.25, 0.3) is 0 Å². The van der Waals surface area contributed by atoms with E-state index in [1.54, 1.807) is 0 Å². The molecule has 0 spiro atoms. The highest BCUT2D eigenvalue weighted by atomic mass is 31.1. The number of hydrogen-bond acceptors (Lipinski definition) is 2. The van der Waals surface area contributed by atoms with Crippen LogP contribution in [0.25, 0.3) is 0 Å². The quantitative estimate of drug-likeness (QED) is 0.416. The van der Waals surface area contributed by atoms with Crippen molar-refractivity contribution in [3.05, 3.63) is 13.2 Å². The van der Waals surface area contributed by atoms with Gasteiger partial charge in [0, 0.05) is 9.13 Å². The van der Waals surface area contributed by atoms with Gasteiger partial charge in [0.1, 0.15) is 0 Å². The first-order valence-corrected chi connectivity index (χ1v) is 5.91. The molecule has 14 heavy (non-hydrogen) atoms. The summed E-state index contributed by atoms with van der Waals surface area (Å²) in [5.74, 6) is 0. The molecule has 0 unspecified atom stereocenters. The lowest BCUT2D eigenvalue weighted by molar-refractivity contribution is 0.403. The fraction of sp³-hybridized carbons (Fsp3) is 0.667. The van der Waals surface area contributed by atoms with E-state index in [0.717, 1.165) is 0 Å². The largest absolute Gasteiger partial charge is 0.692 e. The summed E-state index contributed by atoms with van der Waals surface area (Å²) in [5.41, 5.74) is 0. The predicted octanol–water partition coefficient (Wildman–Crippen LogP) is 1.87. The Bertz CT molecular complexity index is 107. The van der Waals surface area contributed by atoms with Crippen molar-refractivity contribution < 1.29 is 28.7 Å². The summed E-state index contributed by atoms with van der Waals surface area (Å²) in [7, 11) is -5.74. The van der Waals surface area contributed by atoms with E-state index in [2.05, 4.69) is 27.0 Å². The van der Waals surface area contributed by atoms with E-state index in [1.165, 1.54) is 12.8 Å². The summed E-state index contributed by atoms with van der Waals surface area (Å²) in [6.07, 6.45) is 2.64. The van der Waals surface area contributed by atoms with Gasteiger partial charge in [0.15, 0.2) is 0 Å². The van der Waals surface area contributed by atoms with E-state index in [0.29, 0.717) is 0 Å². The van der Waals surface area contributed by atoms with Crippen molar-refractivity contribution in [3.63, 3.8) is 0 Å². The minimum Gasteiger partial charge on any atom is -0.134 e. The first-order chi connectivity index (χ1) is 6.38. The molecule has 0 fully saturated rings. The van der Waals surface area contributed by atoms with Gasteiger partial charge in [-0.1, -0.05) is 26.7 Å². The number of unbranched alkanes of at least 4 members (excludes halogenated alkanes) is 1. The normalized spacial score (nSPS) is 6.14. The van der Waals surface area contributed by atoms with Gasteiger partial charge in [-0.15, -0.1) is 32.7 Å². The van der Waals surface area contributed by atoms with E-state index in [-0.39, 0.29) is 0 Å². The standard InChI is InChI=1S/C4H10.C2H4.2HO3P/c1-3-4-2;1-2;2*1-4(2)3/h3-4H2,1-2H3;1-2H2;2*(H-,1,2,3)/p+2. The second-order valence-electron chi connectivity index (χ2n) is 1.51. The summed E-state index contributed by atoms with van der Waals surface area (Å²) >= 11 is 0. The van der Waals surface area contributed by atoms with Crippen molar-refractivity contribution in [2.24, 2.45) is 0 Å². The lowest BCUT2D eigenvalue weighted by atomic mass is 10.4. The minimum absolute atomic E-state index is 1.32. The third kappa shape index (κ3) is 2250. The zero-order chi connectivity index (χ0) is 12.6. The van der Waals surface area contributed by atoms with Crippen LogP contribution in [0.2, 0.25) is 0 Å². The molecule has 0 rings (SSSR count). The average molecular weight is 248 g/mol. The Labute approximate surface area is 85.8 Å². The topological polar surface area (TPSA) is 115 Å². The van der Waals surface area contributed by atoms with Gasteiger partial charge in [-0.05, 0) is 0 Å². The fourth-order valence-corrected chi connectivity index (χ4v) is 0. The Kier molecular flexibility index (Phi) is 49.2. The van der Waals surface area contributed by atoms with Crippen LogP contribution in [0.1, 0.15) is 26.7 Å². The molecule has 0 saturated heterocycles. The molecule has 0 amide bonds. The molecule has 0 radical (unpaired) electrons. The molecule has 0 aliphatic heterocycles. The van der Waals surface area contributed by atoms with E-state index < -0.39 is 16.5 Å². The molecule has 0 atom stereocenters. The SMILES string of the molecule is C=C.CCCC.O=[P+](O)O.O=[P+](O)O. The molecule has 0 heterocycles. The van der Waals surface area contributed by atoms with Crippen LogP contribution in [0.3, 0.4) is 0 Å². The lowest BCUT2D eigenvalue weighted by Crippen LogP contribution is -1.47. The number of rotatable bonds is 1. The maximum Gasteiger partial charge on any atom is 0.692 e. The molecule has 0 aromatic rings. The first-order valence-electron chi connectivity index (χ1n) is 3.58. The molecule has 8 heteroatoms. The molecular weight excluding hydrogens is 230 g/mol. The van der Waals surface area contributed by atoms with Crippen LogP contribution >= 0.6 is 16.5 Å². The predicted molar refractivity (Wildman–Crippen MR) is 55.9 cm³/mol. The molecule has 0 aromatic carbocycles. The third-order valence-corrected chi connectivity index (χ3v) is 0.500. The monoisotopic (exact) mass is 248 g/mol. The van der Waals surface area contributed by atoms with Crippen LogP contribution in [-0.4, -0.2) is 19.6 Å². The fourth-order valence-electron chi connectivity index (χ4n) is 0. The van der Waals surface area contributed by atoms with Crippen molar-refractivity contribution in [3.8, 4) is 0 Å². The van der Waals surface area contributed by atoms with Crippen LogP contribution in [0.4, 0.5) is 0 Å². The van der Waals surface area contributed by atoms with Crippen LogP contribution < -0.4 is 0 Å². The summed E-state index contributed by atoms with van der Waals surface area (Å²) < 4.78 is 17.4. The van der Waals surface area contributed by atoms with Gasteiger partial charge in [-0.25, -0.2) is 0 Å². The van der Waals surface area contributed by atoms with E-state index in [9.17, 15) is 0 Å². The second kappa shape index (κ2) is 29.3. The molecule has 0 aromatic heterocycles. The third-order valence-electron chi connectivity index (χ3n) is 0.500. The Balaban J connectivity index is -0.0000000492. The van der Waals surface area contributed by atoms with Crippen LogP contribution in [0.5, 0.6) is 0 Å². The zero-order valence-electron chi connectivity index (χ0n) is 8.33. The molecule has 0 bridgehead atoms. The van der Waals surface area contributed by atoms with Gasteiger partial charge in [-0.3, -0.25) is 0 Å². The van der Waals surface area contributed by atoms with Crippen molar-refractivity contribution in [2.75, 3.05) is 0 Å². The van der Waals surface area contributed by atoms with Gasteiger partial charge in [0.2, 0.25) is 0 Å². The van der Waals surface area contributed by atoms with Crippen LogP contribution in [-0.2, 0) is 9.13 Å². The summed E-state index contributed by atoms with van der Waals surface area (Å²) in [4.78, 5) is 28.5. The average Bonchev–Trinajstić information content (AvgIpc) is 2.05. The highest BCUT2D eigenvalue weighted by molar-refractivity contribution is 7.31. The Morgan fingerprint density at radius 1 is 0.857 bits per heavy atom. The summed E-state index contributed by atoms with van der Waals surface area (Å²) in [6, 6.07) is 0. The second-order valence-corrected chi connectivity index (χ2v) is 2.52. The van der Waals surface area contributed by atoms with Crippen molar-refractivity contribution >= 4 is 16.5 Å². The van der Waals surface area contributed by atoms with E-state index >= 15 is 0 Å². The summed E-state index contributed by atoms with van der Waals surface area (Å²) in [6.45, 7) is 10.4. The van der Waals surface area contributed by atoms with Gasteiger partial charge in [-0.2, -0.15) is 0 Å². The maximum absolute atomic E-state index is 8.70. The van der Waals surface area contributed by atoms with Gasteiger partial charge < -0.3 is 0 Å². The molecule has 0 aliphatic carbocycles. The maximum atomic E-state index is 8.70. The highest BCUT2D eigenvalue weighted by Gasteiger charge is 1.93. The molecule has 86 valence electrons. The van der Waals surface area contributed by atoms with Gasteiger partial charge in [0.05, 0.1) is 0 Å². The summed E-state index contributed by atoms with van der Waals surface area (Å²) in [5, 5.41) is 0. The zero-order valence-corrected chi connectivity index (χ0v) is 10.1. The minimum atomic E-state index is -2.87. The lowest BCUT2D eigenvalue weighted by Gasteiger charge is -1.68. The number of hydrogen-bond donors (Lipinski definition) is 4. The molecule has 6 nitrogen and oxygen atoms in total. The molecule has 4 N–H and O–H groups in total. The molecule has 0 aliphatic rings. The van der Waals surface area contributed by atoms with E-state index in [1.807, 2.05) is 0 Å². The van der Waals surface area contributed by atoms with E-state index in [4.69, 9.17) is 28.7 Å². The Morgan fingerprint density at radius 3 is 0.929 bits per heavy atom. The smallest absolute Gasteiger partial charge is 0.134 e. The Hall–Kier alpha value is -0.220. The van der Waals surface area contributed by atoms with Crippen LogP contribution in [0, 0.1) is 0 Å². The Morgan fingerprint density at radius 2 is 0.929 bits per heavy atom. The van der Waals surface area contributed by atoms with Crippen molar-refractivity contribution in [1.82, 2.24) is 0 Å². The van der Waals surface area contributed by atoms with Crippen LogP contribution in [0.15, 0.2) is 13.2 Å².